The van der Waals surface area contributed by atoms with E-state index in [0.29, 0.717) is 35.3 Å². The number of hydrogen-bond donors (Lipinski definition) is 3. The third-order valence-electron chi connectivity index (χ3n) is 4.62. The summed E-state index contributed by atoms with van der Waals surface area (Å²) in [5, 5.41) is 22.6. The molecule has 29 heavy (non-hydrogen) atoms. The maximum atomic E-state index is 14.8. The van der Waals surface area contributed by atoms with E-state index < -0.39 is 17.3 Å². The second-order valence-electron chi connectivity index (χ2n) is 6.39. The molecule has 1 aromatic heterocycles. The van der Waals surface area contributed by atoms with E-state index in [1.54, 1.807) is 22.8 Å². The highest BCUT2D eigenvalue weighted by atomic mass is 19.1. The molecule has 7 nitrogen and oxygen atoms in total. The number of aromatic nitrogens is 2. The average molecular weight is 399 g/mol. The maximum absolute atomic E-state index is 14.8. The molecule has 0 aliphatic carbocycles. The van der Waals surface area contributed by atoms with Crippen LogP contribution in [0.25, 0.3) is 28.1 Å². The molecule has 3 rings (SSSR count). The molecule has 0 radical (unpaired) electrons. The van der Waals surface area contributed by atoms with E-state index >= 15 is 0 Å². The van der Waals surface area contributed by atoms with Gasteiger partial charge in [-0.05, 0) is 37.6 Å². The lowest BCUT2D eigenvalue weighted by Crippen LogP contribution is -2.22. The number of phenols is 2. The van der Waals surface area contributed by atoms with Crippen molar-refractivity contribution in [2.75, 3.05) is 13.7 Å². The lowest BCUT2D eigenvalue weighted by Gasteiger charge is -2.14. The van der Waals surface area contributed by atoms with Gasteiger partial charge in [0.15, 0.2) is 17.3 Å². The van der Waals surface area contributed by atoms with Gasteiger partial charge in [-0.1, -0.05) is 13.5 Å². The summed E-state index contributed by atoms with van der Waals surface area (Å²) in [6, 6.07) is 6.22. The molecule has 2 aromatic carbocycles. The molecule has 0 aliphatic rings. The van der Waals surface area contributed by atoms with E-state index in [-0.39, 0.29) is 23.0 Å². The number of nitrogens with zero attached hydrogens (tertiary/aromatic N) is 2. The summed E-state index contributed by atoms with van der Waals surface area (Å²) in [7, 11) is 1.29. The molecule has 0 bridgehead atoms. The number of halogens is 1. The second-order valence-corrected chi connectivity index (χ2v) is 6.39. The first-order chi connectivity index (χ1) is 13.8. The van der Waals surface area contributed by atoms with Gasteiger partial charge in [-0.2, -0.15) is 0 Å². The van der Waals surface area contributed by atoms with Crippen molar-refractivity contribution in [1.29, 1.82) is 0 Å². The molecule has 0 fully saturated rings. The molecular formula is C21H22FN3O4. The molecule has 1 heterocycles. The number of carbonyl (C=O) groups excluding carboxylic acids is 1. The molecule has 0 aliphatic heterocycles. The first kappa shape index (κ1) is 20.2. The van der Waals surface area contributed by atoms with E-state index in [1.807, 2.05) is 13.8 Å². The Hall–Kier alpha value is -3.55. The SMILES string of the molecule is C=C(CC)n1c(-c2cc(OC)c(O)c(O)c2F)nc2ccc(C(=O)NCC)cc21. The van der Waals surface area contributed by atoms with Gasteiger partial charge in [0.05, 0.1) is 23.7 Å². The van der Waals surface area contributed by atoms with Crippen LogP contribution in [0.2, 0.25) is 0 Å². The van der Waals surface area contributed by atoms with Crippen LogP contribution in [-0.2, 0) is 0 Å². The van der Waals surface area contributed by atoms with Crippen molar-refractivity contribution in [1.82, 2.24) is 14.9 Å². The van der Waals surface area contributed by atoms with Crippen LogP contribution in [0.4, 0.5) is 4.39 Å². The fourth-order valence-electron chi connectivity index (χ4n) is 3.07. The van der Waals surface area contributed by atoms with Crippen LogP contribution in [0.3, 0.4) is 0 Å². The first-order valence-electron chi connectivity index (χ1n) is 9.11. The van der Waals surface area contributed by atoms with E-state index in [9.17, 15) is 19.4 Å². The summed E-state index contributed by atoms with van der Waals surface area (Å²) in [5.41, 5.74) is 2.07. The average Bonchev–Trinajstić information content (AvgIpc) is 3.10. The highest BCUT2D eigenvalue weighted by Gasteiger charge is 2.24. The van der Waals surface area contributed by atoms with Gasteiger partial charge in [0.2, 0.25) is 5.75 Å². The zero-order valence-electron chi connectivity index (χ0n) is 16.4. The summed E-state index contributed by atoms with van der Waals surface area (Å²) >= 11 is 0. The van der Waals surface area contributed by atoms with Gasteiger partial charge in [0, 0.05) is 17.8 Å². The third-order valence-corrected chi connectivity index (χ3v) is 4.62. The van der Waals surface area contributed by atoms with Crippen molar-refractivity contribution in [3.63, 3.8) is 0 Å². The highest BCUT2D eigenvalue weighted by molar-refractivity contribution is 5.98. The molecule has 3 N–H and O–H groups in total. The van der Waals surface area contributed by atoms with Crippen LogP contribution in [0.1, 0.15) is 30.6 Å². The fourth-order valence-corrected chi connectivity index (χ4v) is 3.07. The molecule has 0 saturated carbocycles. The van der Waals surface area contributed by atoms with Crippen molar-refractivity contribution < 1.29 is 24.1 Å². The number of ether oxygens (including phenoxy) is 1. The lowest BCUT2D eigenvalue weighted by atomic mass is 10.1. The Morgan fingerprint density at radius 3 is 2.62 bits per heavy atom. The topological polar surface area (TPSA) is 96.6 Å². The number of allylic oxidation sites excluding steroid dienone is 1. The Bertz CT molecular complexity index is 1120. The van der Waals surface area contributed by atoms with Crippen LogP contribution in [0.5, 0.6) is 17.2 Å². The lowest BCUT2D eigenvalue weighted by molar-refractivity contribution is 0.0956. The number of nitrogens with one attached hydrogen (secondary N) is 1. The second kappa shape index (κ2) is 7.83. The molecule has 3 aromatic rings. The van der Waals surface area contributed by atoms with Crippen LogP contribution >= 0.6 is 0 Å². The summed E-state index contributed by atoms with van der Waals surface area (Å²) in [4.78, 5) is 16.7. The number of carbonyl (C=O) groups is 1. The predicted molar refractivity (Wildman–Crippen MR) is 109 cm³/mol. The Balaban J connectivity index is 2.33. The Morgan fingerprint density at radius 1 is 1.28 bits per heavy atom. The largest absolute Gasteiger partial charge is 0.502 e. The van der Waals surface area contributed by atoms with Gasteiger partial charge in [0.1, 0.15) is 5.82 Å². The zero-order valence-corrected chi connectivity index (χ0v) is 16.4. The molecule has 152 valence electrons. The predicted octanol–water partition coefficient (Wildman–Crippen LogP) is 3.89. The summed E-state index contributed by atoms with van der Waals surface area (Å²) in [6.07, 6.45) is 0.534. The minimum absolute atomic E-state index is 0.0671. The standard InChI is InChI=1S/C21H22FN3O4/c1-5-11(3)25-15-9-12(21(28)23-6-2)7-8-14(15)24-20(25)13-10-16(29-4)18(26)19(27)17(13)22/h7-10,26-27H,3,5-6H2,1-2,4H3,(H,23,28). The molecule has 0 spiro atoms. The maximum Gasteiger partial charge on any atom is 0.251 e. The van der Waals surface area contributed by atoms with Crippen LogP contribution in [0.15, 0.2) is 30.8 Å². The minimum Gasteiger partial charge on any atom is -0.502 e. The monoisotopic (exact) mass is 399 g/mol. The third kappa shape index (κ3) is 3.37. The number of aromatic hydroxyl groups is 2. The Kier molecular flexibility index (Phi) is 5.45. The number of fused-ring (bicyclic) bond motifs is 1. The quantitative estimate of drug-likeness (QED) is 0.547. The minimum atomic E-state index is -1.03. The van der Waals surface area contributed by atoms with Crippen molar-refractivity contribution in [2.45, 2.75) is 20.3 Å². The van der Waals surface area contributed by atoms with E-state index in [1.165, 1.54) is 13.2 Å². The first-order valence-corrected chi connectivity index (χ1v) is 9.11. The van der Waals surface area contributed by atoms with Crippen molar-refractivity contribution in [3.8, 4) is 28.6 Å². The van der Waals surface area contributed by atoms with Gasteiger partial charge < -0.3 is 20.3 Å². The van der Waals surface area contributed by atoms with E-state index in [4.69, 9.17) is 4.74 Å². The molecule has 1 amide bonds. The number of phenolic OH excluding ortho intramolecular Hbond substituents is 2. The van der Waals surface area contributed by atoms with Gasteiger partial charge in [0.25, 0.3) is 5.91 Å². The number of amides is 1. The smallest absolute Gasteiger partial charge is 0.251 e. The zero-order chi connectivity index (χ0) is 21.3. The molecular weight excluding hydrogens is 377 g/mol. The molecule has 0 atom stereocenters. The van der Waals surface area contributed by atoms with Crippen molar-refractivity contribution >= 4 is 22.6 Å². The van der Waals surface area contributed by atoms with Gasteiger partial charge in [-0.25, -0.2) is 9.37 Å². The fraction of sp³-hybridized carbons (Fsp3) is 0.238. The highest BCUT2D eigenvalue weighted by Crippen LogP contribution is 2.43. The van der Waals surface area contributed by atoms with Gasteiger partial charge in [-0.15, -0.1) is 0 Å². The van der Waals surface area contributed by atoms with Crippen molar-refractivity contribution in [3.05, 3.63) is 42.2 Å². The van der Waals surface area contributed by atoms with Crippen molar-refractivity contribution in [2.24, 2.45) is 0 Å². The Labute approximate surface area is 167 Å². The number of benzene rings is 2. The molecule has 0 saturated heterocycles. The van der Waals surface area contributed by atoms with Crippen LogP contribution < -0.4 is 10.1 Å². The Morgan fingerprint density at radius 2 is 2.00 bits per heavy atom. The van der Waals surface area contributed by atoms with E-state index in [2.05, 4.69) is 16.9 Å². The molecule has 0 unspecified atom stereocenters. The summed E-state index contributed by atoms with van der Waals surface area (Å²) in [5.74, 6) is -2.81. The van der Waals surface area contributed by atoms with Gasteiger partial charge in [-0.3, -0.25) is 9.36 Å². The number of methoxy groups -OCH3 is 1. The summed E-state index contributed by atoms with van der Waals surface area (Å²) in [6.45, 7) is 8.23. The number of hydrogen-bond acceptors (Lipinski definition) is 5. The van der Waals surface area contributed by atoms with Gasteiger partial charge >= 0.3 is 0 Å². The normalized spacial score (nSPS) is 10.9. The number of imidazole rings is 1. The summed E-state index contributed by atoms with van der Waals surface area (Å²) < 4.78 is 21.5. The molecule has 8 heteroatoms. The van der Waals surface area contributed by atoms with Crippen LogP contribution in [0, 0.1) is 5.82 Å². The number of rotatable bonds is 6. The van der Waals surface area contributed by atoms with E-state index in [0.717, 1.165) is 0 Å². The van der Waals surface area contributed by atoms with Crippen LogP contribution in [-0.4, -0.2) is 39.3 Å².